The second-order valence-corrected chi connectivity index (χ2v) is 8.58. The summed E-state index contributed by atoms with van der Waals surface area (Å²) in [7, 11) is 0. The van der Waals surface area contributed by atoms with Crippen molar-refractivity contribution in [1.82, 2.24) is 15.5 Å². The van der Waals surface area contributed by atoms with E-state index in [2.05, 4.69) is 17.6 Å². The molecular formula is C15H23N3O2S. The quantitative estimate of drug-likeness (QED) is 0.793. The summed E-state index contributed by atoms with van der Waals surface area (Å²) in [4.78, 5) is 26.4. The summed E-state index contributed by atoms with van der Waals surface area (Å²) < 4.78 is 0. The van der Waals surface area contributed by atoms with Gasteiger partial charge in [-0.25, -0.2) is 0 Å². The Labute approximate surface area is 129 Å². The maximum atomic E-state index is 12.6. The number of thioether (sulfide) groups is 1. The number of carbonyl (C=O) groups excluding carboxylic acids is 2. The largest absolute Gasteiger partial charge is 0.351 e. The number of nitrogens with one attached hydrogen (secondary N) is 2. The highest BCUT2D eigenvalue weighted by molar-refractivity contribution is 8.01. The number of amides is 2. The number of carbonyl (C=O) groups is 2. The molecule has 2 bridgehead atoms. The van der Waals surface area contributed by atoms with E-state index in [1.165, 1.54) is 12.8 Å². The minimum Gasteiger partial charge on any atom is -0.351 e. The minimum atomic E-state index is -0.262. The minimum absolute atomic E-state index is 0.0628. The lowest BCUT2D eigenvalue weighted by atomic mass is 9.99. The molecule has 4 atom stereocenters. The topological polar surface area (TPSA) is 61.4 Å². The van der Waals surface area contributed by atoms with Gasteiger partial charge in [0.05, 0.1) is 4.87 Å². The van der Waals surface area contributed by atoms with Gasteiger partial charge in [0.2, 0.25) is 11.8 Å². The zero-order valence-electron chi connectivity index (χ0n) is 12.4. The lowest BCUT2D eigenvalue weighted by Crippen LogP contribution is -2.55. The molecule has 0 aromatic carbocycles. The zero-order chi connectivity index (χ0) is 14.6. The van der Waals surface area contributed by atoms with E-state index < -0.39 is 0 Å². The van der Waals surface area contributed by atoms with E-state index in [-0.39, 0.29) is 28.8 Å². The standard InChI is InChI=1S/C15H23N3O2S/c1-15-5-4-13(19)18(15)12(8-21-15)14(20)17-11-6-9-2-3-10(7-11)16-9/h9-12,16H,2-8H2,1H3,(H,17,20). The van der Waals surface area contributed by atoms with Crippen LogP contribution in [0, 0.1) is 0 Å². The Hall–Kier alpha value is -0.750. The first-order chi connectivity index (χ1) is 10.0. The van der Waals surface area contributed by atoms with E-state index >= 15 is 0 Å². The van der Waals surface area contributed by atoms with Gasteiger partial charge in [0, 0.05) is 30.3 Å². The van der Waals surface area contributed by atoms with Crippen molar-refractivity contribution >= 4 is 23.6 Å². The Morgan fingerprint density at radius 2 is 2.10 bits per heavy atom. The van der Waals surface area contributed by atoms with Crippen molar-refractivity contribution in [1.29, 1.82) is 0 Å². The lowest BCUT2D eigenvalue weighted by Gasteiger charge is -2.33. The second kappa shape index (κ2) is 4.88. The van der Waals surface area contributed by atoms with Crippen molar-refractivity contribution in [2.45, 2.75) is 74.5 Å². The van der Waals surface area contributed by atoms with Crippen LogP contribution in [0.2, 0.25) is 0 Å². The fourth-order valence-corrected chi connectivity index (χ4v) is 5.92. The molecule has 116 valence electrons. The molecule has 0 spiro atoms. The first-order valence-corrected chi connectivity index (χ1v) is 9.06. The highest BCUT2D eigenvalue weighted by atomic mass is 32.2. The highest BCUT2D eigenvalue weighted by Gasteiger charge is 2.53. The molecule has 4 aliphatic heterocycles. The molecule has 4 saturated heterocycles. The van der Waals surface area contributed by atoms with Gasteiger partial charge in [0.25, 0.3) is 0 Å². The van der Waals surface area contributed by atoms with Crippen LogP contribution in [0.15, 0.2) is 0 Å². The third-order valence-electron chi connectivity index (χ3n) is 5.57. The van der Waals surface area contributed by atoms with Crippen molar-refractivity contribution in [3.8, 4) is 0 Å². The summed E-state index contributed by atoms with van der Waals surface area (Å²) >= 11 is 1.76. The van der Waals surface area contributed by atoms with Crippen molar-refractivity contribution in [2.24, 2.45) is 0 Å². The molecule has 21 heavy (non-hydrogen) atoms. The number of hydrogen-bond donors (Lipinski definition) is 2. The van der Waals surface area contributed by atoms with Gasteiger partial charge >= 0.3 is 0 Å². The Morgan fingerprint density at radius 1 is 1.38 bits per heavy atom. The van der Waals surface area contributed by atoms with Gasteiger partial charge in [-0.15, -0.1) is 11.8 Å². The van der Waals surface area contributed by atoms with Crippen LogP contribution in [0.25, 0.3) is 0 Å². The molecule has 0 aromatic rings. The van der Waals surface area contributed by atoms with Gasteiger partial charge in [0.15, 0.2) is 0 Å². The number of rotatable bonds is 2. The monoisotopic (exact) mass is 309 g/mol. The second-order valence-electron chi connectivity index (χ2n) is 7.08. The summed E-state index contributed by atoms with van der Waals surface area (Å²) in [6, 6.07) is 1.17. The lowest BCUT2D eigenvalue weighted by molar-refractivity contribution is -0.138. The van der Waals surface area contributed by atoms with Crippen LogP contribution < -0.4 is 10.6 Å². The van der Waals surface area contributed by atoms with Crippen molar-refractivity contribution < 1.29 is 9.59 Å². The molecule has 4 heterocycles. The highest BCUT2D eigenvalue weighted by Crippen LogP contribution is 2.47. The fourth-order valence-electron chi connectivity index (χ4n) is 4.49. The zero-order valence-corrected chi connectivity index (χ0v) is 13.2. The summed E-state index contributed by atoms with van der Waals surface area (Å²) in [5, 5.41) is 6.82. The third kappa shape index (κ3) is 2.27. The predicted octanol–water partition coefficient (Wildman–Crippen LogP) is 0.840. The van der Waals surface area contributed by atoms with Gasteiger partial charge in [-0.2, -0.15) is 0 Å². The van der Waals surface area contributed by atoms with Crippen LogP contribution in [-0.4, -0.2) is 51.5 Å². The maximum absolute atomic E-state index is 12.6. The molecule has 2 N–H and O–H groups in total. The van der Waals surface area contributed by atoms with Crippen molar-refractivity contribution in [3.05, 3.63) is 0 Å². The molecule has 4 rings (SSSR count). The van der Waals surface area contributed by atoms with Crippen LogP contribution in [0.1, 0.15) is 45.4 Å². The average molecular weight is 309 g/mol. The van der Waals surface area contributed by atoms with Crippen LogP contribution in [0.4, 0.5) is 0 Å². The van der Waals surface area contributed by atoms with E-state index in [0.29, 0.717) is 18.5 Å². The van der Waals surface area contributed by atoms with Crippen LogP contribution in [0.5, 0.6) is 0 Å². The summed E-state index contributed by atoms with van der Waals surface area (Å²) in [6.07, 6.45) is 6.00. The van der Waals surface area contributed by atoms with Crippen LogP contribution >= 0.6 is 11.8 Å². The van der Waals surface area contributed by atoms with Gasteiger partial charge in [0.1, 0.15) is 6.04 Å². The molecule has 0 radical (unpaired) electrons. The Bertz CT molecular complexity index is 474. The van der Waals surface area contributed by atoms with Crippen LogP contribution in [-0.2, 0) is 9.59 Å². The number of nitrogens with zero attached hydrogens (tertiary/aromatic N) is 1. The summed E-state index contributed by atoms with van der Waals surface area (Å²) in [5.41, 5.74) is 0. The predicted molar refractivity (Wildman–Crippen MR) is 81.8 cm³/mol. The van der Waals surface area contributed by atoms with Crippen molar-refractivity contribution in [2.75, 3.05) is 5.75 Å². The smallest absolute Gasteiger partial charge is 0.243 e. The summed E-state index contributed by atoms with van der Waals surface area (Å²) in [6.45, 7) is 2.10. The molecule has 6 heteroatoms. The number of hydrogen-bond acceptors (Lipinski definition) is 4. The van der Waals surface area contributed by atoms with Crippen LogP contribution in [0.3, 0.4) is 0 Å². The maximum Gasteiger partial charge on any atom is 0.243 e. The Kier molecular flexibility index (Phi) is 3.23. The van der Waals surface area contributed by atoms with E-state index in [0.717, 1.165) is 25.0 Å². The molecular weight excluding hydrogens is 286 g/mol. The van der Waals surface area contributed by atoms with Gasteiger partial charge in [-0.1, -0.05) is 0 Å². The van der Waals surface area contributed by atoms with E-state index in [1.54, 1.807) is 11.8 Å². The number of fused-ring (bicyclic) bond motifs is 3. The first kappa shape index (κ1) is 13.9. The van der Waals surface area contributed by atoms with Gasteiger partial charge in [-0.05, 0) is 39.0 Å². The fraction of sp³-hybridized carbons (Fsp3) is 0.867. The molecule has 2 amide bonds. The average Bonchev–Trinajstić information content (AvgIpc) is 3.05. The van der Waals surface area contributed by atoms with E-state index in [1.807, 2.05) is 4.90 Å². The molecule has 0 aliphatic carbocycles. The Morgan fingerprint density at radius 3 is 2.81 bits per heavy atom. The molecule has 0 saturated carbocycles. The van der Waals surface area contributed by atoms with Crippen molar-refractivity contribution in [3.63, 3.8) is 0 Å². The third-order valence-corrected chi connectivity index (χ3v) is 7.07. The molecule has 0 aromatic heterocycles. The molecule has 4 aliphatic rings. The van der Waals surface area contributed by atoms with E-state index in [4.69, 9.17) is 0 Å². The molecule has 4 fully saturated rings. The first-order valence-electron chi connectivity index (χ1n) is 8.08. The van der Waals surface area contributed by atoms with E-state index in [9.17, 15) is 9.59 Å². The number of piperidine rings is 1. The summed E-state index contributed by atoms with van der Waals surface area (Å²) in [5.74, 6) is 0.951. The molecule has 4 unspecified atom stereocenters. The SMILES string of the molecule is CC12CCC(=O)N1C(C(=O)NC1CC3CCC(C1)N3)CS2. The Balaban J connectivity index is 1.42. The van der Waals surface area contributed by atoms with Gasteiger partial charge < -0.3 is 15.5 Å². The molecule has 5 nitrogen and oxygen atoms in total. The van der Waals surface area contributed by atoms with Gasteiger partial charge in [-0.3, -0.25) is 9.59 Å². The normalized spacial score (nSPS) is 45.0.